The summed E-state index contributed by atoms with van der Waals surface area (Å²) in [7, 11) is 4.96. The van der Waals surface area contributed by atoms with E-state index in [1.54, 1.807) is 27.4 Å². The molecule has 0 spiro atoms. The molecule has 1 unspecified atom stereocenters. The summed E-state index contributed by atoms with van der Waals surface area (Å²) in [5, 5.41) is 0. The number of piperidine rings is 2. The van der Waals surface area contributed by atoms with Gasteiger partial charge in [0, 0.05) is 31.1 Å². The third-order valence-electron chi connectivity index (χ3n) is 8.00. The molecule has 1 amide bonds. The maximum atomic E-state index is 13.6. The summed E-state index contributed by atoms with van der Waals surface area (Å²) in [5.74, 6) is 2.85. The van der Waals surface area contributed by atoms with Crippen LogP contribution in [-0.4, -0.2) is 74.2 Å². The van der Waals surface area contributed by atoms with Gasteiger partial charge in [0.1, 0.15) is 11.4 Å². The van der Waals surface area contributed by atoms with Crippen LogP contribution in [0.4, 0.5) is 0 Å². The van der Waals surface area contributed by atoms with Gasteiger partial charge in [0.2, 0.25) is 0 Å². The fourth-order valence-electron chi connectivity index (χ4n) is 5.64. The largest absolute Gasteiger partial charge is 0.497 e. The molecule has 3 heterocycles. The molecule has 0 bridgehead atoms. The smallest absolute Gasteiger partial charge is 0.272 e. The molecule has 0 aliphatic carbocycles. The van der Waals surface area contributed by atoms with E-state index in [0.717, 1.165) is 69.7 Å². The molecule has 2 aromatic rings. The van der Waals surface area contributed by atoms with Crippen LogP contribution in [0.2, 0.25) is 0 Å². The van der Waals surface area contributed by atoms with E-state index in [0.29, 0.717) is 29.2 Å². The number of hydrogen-bond donors (Lipinski definition) is 0. The number of pyridine rings is 1. The van der Waals surface area contributed by atoms with Gasteiger partial charge in [-0.05, 0) is 75.7 Å². The maximum absolute atomic E-state index is 13.6. The van der Waals surface area contributed by atoms with Crippen molar-refractivity contribution in [3.05, 3.63) is 59.9 Å². The maximum Gasteiger partial charge on any atom is 0.272 e. The lowest BCUT2D eigenvalue weighted by Crippen LogP contribution is -2.40. The fraction of sp³-hybridized carbons (Fsp3) is 0.533. The summed E-state index contributed by atoms with van der Waals surface area (Å²) in [6, 6.07) is 10.4. The Morgan fingerprint density at radius 1 is 1.05 bits per heavy atom. The van der Waals surface area contributed by atoms with Gasteiger partial charge in [0.05, 0.1) is 27.0 Å². The van der Waals surface area contributed by atoms with Crippen LogP contribution in [-0.2, 0) is 6.42 Å². The first-order valence-electron chi connectivity index (χ1n) is 13.4. The van der Waals surface area contributed by atoms with Crippen LogP contribution in [0.15, 0.2) is 43.0 Å². The van der Waals surface area contributed by atoms with Crippen molar-refractivity contribution in [3.8, 4) is 17.2 Å². The number of carbonyl (C=O) groups is 1. The predicted octanol–water partition coefficient (Wildman–Crippen LogP) is 4.96. The minimum Gasteiger partial charge on any atom is -0.497 e. The highest BCUT2D eigenvalue weighted by atomic mass is 16.5. The van der Waals surface area contributed by atoms with E-state index in [1.807, 2.05) is 23.1 Å². The molecule has 200 valence electrons. The Labute approximate surface area is 221 Å². The average molecular weight is 508 g/mol. The van der Waals surface area contributed by atoms with Crippen molar-refractivity contribution < 1.29 is 19.0 Å². The zero-order valence-corrected chi connectivity index (χ0v) is 22.7. The molecule has 2 aliphatic heterocycles. The third kappa shape index (κ3) is 6.27. The van der Waals surface area contributed by atoms with Gasteiger partial charge >= 0.3 is 0 Å². The lowest BCUT2D eigenvalue weighted by Gasteiger charge is -2.35. The van der Waals surface area contributed by atoms with Gasteiger partial charge in [-0.15, -0.1) is 6.58 Å². The Morgan fingerprint density at radius 2 is 1.78 bits per heavy atom. The molecule has 2 fully saturated rings. The molecular formula is C30H41N3O4. The molecule has 1 aromatic heterocycles. The molecule has 0 saturated carbocycles. The van der Waals surface area contributed by atoms with Crippen molar-refractivity contribution in [1.29, 1.82) is 0 Å². The predicted molar refractivity (Wildman–Crippen MR) is 146 cm³/mol. The van der Waals surface area contributed by atoms with Gasteiger partial charge in [0.15, 0.2) is 11.5 Å². The summed E-state index contributed by atoms with van der Waals surface area (Å²) < 4.78 is 16.8. The van der Waals surface area contributed by atoms with Crippen molar-refractivity contribution in [3.63, 3.8) is 0 Å². The van der Waals surface area contributed by atoms with Crippen LogP contribution in [0.1, 0.15) is 60.3 Å². The van der Waals surface area contributed by atoms with E-state index in [4.69, 9.17) is 19.2 Å². The second-order valence-corrected chi connectivity index (χ2v) is 10.2. The van der Waals surface area contributed by atoms with Crippen LogP contribution in [0.25, 0.3) is 0 Å². The number of carbonyl (C=O) groups excluding carboxylic acids is 1. The Morgan fingerprint density at radius 3 is 2.41 bits per heavy atom. The van der Waals surface area contributed by atoms with Gasteiger partial charge in [0.25, 0.3) is 5.91 Å². The second kappa shape index (κ2) is 12.5. The lowest BCUT2D eigenvalue weighted by molar-refractivity contribution is 0.0683. The molecular weight excluding hydrogens is 466 g/mol. The van der Waals surface area contributed by atoms with Gasteiger partial charge in [-0.25, -0.2) is 4.98 Å². The number of benzene rings is 1. The first-order valence-corrected chi connectivity index (χ1v) is 13.4. The molecule has 7 heteroatoms. The number of nitrogens with zero attached hydrogens (tertiary/aromatic N) is 3. The zero-order chi connectivity index (χ0) is 26.4. The molecule has 0 N–H and O–H groups in total. The first-order chi connectivity index (χ1) is 18.0. The van der Waals surface area contributed by atoms with E-state index in [-0.39, 0.29) is 11.8 Å². The zero-order valence-electron chi connectivity index (χ0n) is 22.7. The third-order valence-corrected chi connectivity index (χ3v) is 8.00. The van der Waals surface area contributed by atoms with E-state index >= 15 is 0 Å². The monoisotopic (exact) mass is 507 g/mol. The van der Waals surface area contributed by atoms with Crippen molar-refractivity contribution >= 4 is 5.91 Å². The number of methoxy groups -OCH3 is 3. The molecule has 7 nitrogen and oxygen atoms in total. The normalized spacial score (nSPS) is 18.3. The SMILES string of the molecule is C=CC(C)N1CCC(c2nc(C(=O)N3CCC(Cc4cccc(OC)c4)CC3)cc(OC)c2OC)CC1. The number of amides is 1. The van der Waals surface area contributed by atoms with Crippen molar-refractivity contribution in [1.82, 2.24) is 14.8 Å². The summed E-state index contributed by atoms with van der Waals surface area (Å²) in [5.41, 5.74) is 2.56. The van der Waals surface area contributed by atoms with Crippen molar-refractivity contribution in [2.45, 2.75) is 51.0 Å². The molecule has 37 heavy (non-hydrogen) atoms. The number of ether oxygens (including phenoxy) is 3. The number of hydrogen-bond acceptors (Lipinski definition) is 6. The Kier molecular flexibility index (Phi) is 9.09. The molecule has 2 saturated heterocycles. The van der Waals surface area contributed by atoms with Gasteiger partial charge in [-0.1, -0.05) is 18.2 Å². The Bertz CT molecular complexity index is 1070. The van der Waals surface area contributed by atoms with Crippen LogP contribution < -0.4 is 14.2 Å². The number of likely N-dealkylation sites (tertiary alicyclic amines) is 2. The van der Waals surface area contributed by atoms with Crippen LogP contribution in [0, 0.1) is 5.92 Å². The average Bonchev–Trinajstić information content (AvgIpc) is 2.96. The molecule has 1 atom stereocenters. The standard InChI is InChI=1S/C30H41N3O4/c1-6-21(2)32-16-12-24(13-17-32)28-29(37-5)27(36-4)20-26(31-28)30(34)33-14-10-22(11-15-33)18-23-8-7-9-25(19-23)35-3/h6-9,19-22,24H,1,10-18H2,2-5H3. The molecule has 2 aliphatic rings. The molecule has 1 aromatic carbocycles. The van der Waals surface area contributed by atoms with E-state index in [2.05, 4.69) is 30.5 Å². The van der Waals surface area contributed by atoms with E-state index in [1.165, 1.54) is 5.56 Å². The van der Waals surface area contributed by atoms with Crippen LogP contribution in [0.5, 0.6) is 17.2 Å². The number of aromatic nitrogens is 1. The van der Waals surface area contributed by atoms with E-state index in [9.17, 15) is 4.79 Å². The summed E-state index contributed by atoms with van der Waals surface area (Å²) in [4.78, 5) is 22.8. The summed E-state index contributed by atoms with van der Waals surface area (Å²) >= 11 is 0. The highest BCUT2D eigenvalue weighted by Gasteiger charge is 2.31. The van der Waals surface area contributed by atoms with E-state index < -0.39 is 0 Å². The number of rotatable bonds is 9. The first kappa shape index (κ1) is 27.0. The van der Waals surface area contributed by atoms with Crippen molar-refractivity contribution in [2.24, 2.45) is 5.92 Å². The van der Waals surface area contributed by atoms with Gasteiger partial charge < -0.3 is 19.1 Å². The molecule has 0 radical (unpaired) electrons. The quantitative estimate of drug-likeness (QED) is 0.447. The Balaban J connectivity index is 1.45. The molecule has 4 rings (SSSR count). The topological polar surface area (TPSA) is 64.1 Å². The summed E-state index contributed by atoms with van der Waals surface area (Å²) in [6.45, 7) is 9.50. The van der Waals surface area contributed by atoms with Crippen LogP contribution in [0.3, 0.4) is 0 Å². The summed E-state index contributed by atoms with van der Waals surface area (Å²) in [6.07, 6.45) is 6.85. The Hall–Kier alpha value is -3.06. The minimum absolute atomic E-state index is 0.0280. The van der Waals surface area contributed by atoms with Crippen molar-refractivity contribution in [2.75, 3.05) is 47.5 Å². The lowest BCUT2D eigenvalue weighted by atomic mass is 9.90. The van der Waals surface area contributed by atoms with Crippen LogP contribution >= 0.6 is 0 Å². The highest BCUT2D eigenvalue weighted by molar-refractivity contribution is 5.93. The fourth-order valence-corrected chi connectivity index (χ4v) is 5.64. The van der Waals surface area contributed by atoms with Gasteiger partial charge in [-0.3, -0.25) is 9.69 Å². The van der Waals surface area contributed by atoms with Gasteiger partial charge in [-0.2, -0.15) is 0 Å². The minimum atomic E-state index is -0.0280. The second-order valence-electron chi connectivity index (χ2n) is 10.2. The highest BCUT2D eigenvalue weighted by Crippen LogP contribution is 2.39.